The number of ether oxygens (including phenoxy) is 1. The second kappa shape index (κ2) is 8.99. The third-order valence-corrected chi connectivity index (χ3v) is 7.66. The number of hydrogen-bond donors (Lipinski definition) is 0. The molecule has 9 nitrogen and oxygen atoms in total. The molecule has 0 bridgehead atoms. The van der Waals surface area contributed by atoms with Crippen molar-refractivity contribution in [3.05, 3.63) is 59.2 Å². The van der Waals surface area contributed by atoms with Crippen molar-refractivity contribution >= 4 is 27.8 Å². The van der Waals surface area contributed by atoms with E-state index < -0.39 is 39.5 Å². The Morgan fingerprint density at radius 1 is 1.24 bits per heavy atom. The Kier molecular flexibility index (Phi) is 6.26. The van der Waals surface area contributed by atoms with Gasteiger partial charge < -0.3 is 4.74 Å². The maximum atomic E-state index is 14.1. The number of amides is 2. The summed E-state index contributed by atoms with van der Waals surface area (Å²) in [4.78, 5) is 42.0. The van der Waals surface area contributed by atoms with E-state index in [4.69, 9.17) is 4.74 Å². The fraction of sp³-hybridized carbons (Fsp3) is 0.364. The molecule has 0 N–H and O–H groups in total. The first-order valence-corrected chi connectivity index (χ1v) is 11.9. The van der Waals surface area contributed by atoms with Crippen molar-refractivity contribution in [2.75, 3.05) is 19.7 Å². The Labute approximate surface area is 190 Å². The lowest BCUT2D eigenvalue weighted by molar-refractivity contribution is -0.149. The lowest BCUT2D eigenvalue weighted by Gasteiger charge is -2.31. The zero-order valence-electron chi connectivity index (χ0n) is 17.9. The molecule has 4 rings (SSSR count). The number of nitrogens with zero attached hydrogens (tertiary/aromatic N) is 3. The van der Waals surface area contributed by atoms with Gasteiger partial charge in [0.2, 0.25) is 10.0 Å². The first-order valence-electron chi connectivity index (χ1n) is 10.5. The molecule has 1 atom stereocenters. The highest BCUT2D eigenvalue weighted by atomic mass is 32.2. The number of carbonyl (C=O) groups excluding carboxylic acids is 3. The van der Waals surface area contributed by atoms with Gasteiger partial charge in [-0.05, 0) is 49.6 Å². The lowest BCUT2D eigenvalue weighted by atomic mass is 10.0. The van der Waals surface area contributed by atoms with Crippen molar-refractivity contribution in [1.29, 1.82) is 0 Å². The van der Waals surface area contributed by atoms with Crippen LogP contribution in [0.15, 0.2) is 41.4 Å². The Bertz CT molecular complexity index is 1200. The molecule has 33 heavy (non-hydrogen) atoms. The molecule has 2 amide bonds. The van der Waals surface area contributed by atoms with E-state index in [0.717, 1.165) is 21.3 Å². The van der Waals surface area contributed by atoms with Gasteiger partial charge in [-0.3, -0.25) is 24.3 Å². The van der Waals surface area contributed by atoms with E-state index in [2.05, 4.69) is 4.98 Å². The fourth-order valence-corrected chi connectivity index (χ4v) is 5.83. The molecule has 2 aliphatic heterocycles. The average molecular weight is 475 g/mol. The number of fused-ring (bicyclic) bond motifs is 1. The third-order valence-electron chi connectivity index (χ3n) is 5.71. The molecule has 1 saturated heterocycles. The van der Waals surface area contributed by atoms with Crippen LogP contribution in [0, 0.1) is 11.7 Å². The molecule has 0 radical (unpaired) electrons. The predicted octanol–water partition coefficient (Wildman–Crippen LogP) is 1.98. The second-order valence-electron chi connectivity index (χ2n) is 7.80. The van der Waals surface area contributed by atoms with E-state index >= 15 is 0 Å². The molecule has 174 valence electrons. The van der Waals surface area contributed by atoms with Gasteiger partial charge in [0.05, 0.1) is 29.5 Å². The van der Waals surface area contributed by atoms with Gasteiger partial charge >= 0.3 is 5.97 Å². The standard InChI is InChI=1S/C22H22FN3O6S/c1-2-32-22(29)15-5-4-10-25(12-15)33(30,31)18-11-16(23)8-7-14(18)13-26-20(27)17-6-3-9-24-19(17)21(26)28/h3,6-9,11,15H,2,4-5,10,12-13H2,1H3. The first-order chi connectivity index (χ1) is 15.7. The van der Waals surface area contributed by atoms with E-state index in [9.17, 15) is 27.2 Å². The molecule has 1 aromatic heterocycles. The minimum Gasteiger partial charge on any atom is -0.466 e. The number of halogens is 1. The van der Waals surface area contributed by atoms with Crippen LogP contribution in [0.25, 0.3) is 0 Å². The zero-order valence-corrected chi connectivity index (χ0v) is 18.7. The predicted molar refractivity (Wildman–Crippen MR) is 113 cm³/mol. The number of esters is 1. The summed E-state index contributed by atoms with van der Waals surface area (Å²) in [5.74, 6) is -3.12. The van der Waals surface area contributed by atoms with Crippen LogP contribution in [0.5, 0.6) is 0 Å². The van der Waals surface area contributed by atoms with E-state index in [-0.39, 0.29) is 48.0 Å². The number of sulfonamides is 1. The number of pyridine rings is 1. The number of carbonyl (C=O) groups is 3. The van der Waals surface area contributed by atoms with Crippen LogP contribution in [0.3, 0.4) is 0 Å². The average Bonchev–Trinajstić information content (AvgIpc) is 3.05. The number of hydrogen-bond acceptors (Lipinski definition) is 7. The molecule has 3 heterocycles. The van der Waals surface area contributed by atoms with Gasteiger partial charge in [0.25, 0.3) is 11.8 Å². The van der Waals surface area contributed by atoms with Gasteiger partial charge in [0, 0.05) is 19.3 Å². The molecule has 2 aliphatic rings. The molecular weight excluding hydrogens is 453 g/mol. The number of benzene rings is 1. The van der Waals surface area contributed by atoms with Gasteiger partial charge in [-0.25, -0.2) is 12.8 Å². The Balaban J connectivity index is 1.64. The normalized spacial score (nSPS) is 19.0. The van der Waals surface area contributed by atoms with Gasteiger partial charge in [0.15, 0.2) is 0 Å². The van der Waals surface area contributed by atoms with E-state index in [1.165, 1.54) is 24.4 Å². The monoisotopic (exact) mass is 475 g/mol. The summed E-state index contributed by atoms with van der Waals surface area (Å²) < 4.78 is 47.2. The topological polar surface area (TPSA) is 114 Å². The maximum absolute atomic E-state index is 14.1. The molecule has 1 aromatic carbocycles. The van der Waals surface area contributed by atoms with Crippen molar-refractivity contribution in [2.24, 2.45) is 5.92 Å². The molecule has 1 fully saturated rings. The number of aromatic nitrogens is 1. The summed E-state index contributed by atoms with van der Waals surface area (Å²) in [5.41, 5.74) is 0.203. The second-order valence-corrected chi connectivity index (χ2v) is 9.71. The van der Waals surface area contributed by atoms with Gasteiger partial charge in [-0.15, -0.1) is 0 Å². The molecule has 0 aliphatic carbocycles. The van der Waals surface area contributed by atoms with Crippen molar-refractivity contribution in [1.82, 2.24) is 14.2 Å². The highest BCUT2D eigenvalue weighted by Gasteiger charge is 2.39. The van der Waals surface area contributed by atoms with Crippen molar-refractivity contribution in [3.63, 3.8) is 0 Å². The summed E-state index contributed by atoms with van der Waals surface area (Å²) in [6.45, 7) is 1.56. The van der Waals surface area contributed by atoms with Crippen molar-refractivity contribution < 1.29 is 31.9 Å². The summed E-state index contributed by atoms with van der Waals surface area (Å²) in [5, 5.41) is 0. The van der Waals surface area contributed by atoms with Gasteiger partial charge in [0.1, 0.15) is 11.5 Å². The first kappa shape index (κ1) is 23.0. The van der Waals surface area contributed by atoms with Crippen LogP contribution in [0.1, 0.15) is 46.2 Å². The minimum absolute atomic E-state index is 0.0117. The van der Waals surface area contributed by atoms with E-state index in [1.54, 1.807) is 6.92 Å². The number of piperidine rings is 1. The molecule has 0 saturated carbocycles. The molecule has 2 aromatic rings. The molecule has 0 spiro atoms. The maximum Gasteiger partial charge on any atom is 0.310 e. The Morgan fingerprint density at radius 3 is 2.76 bits per heavy atom. The summed E-state index contributed by atoms with van der Waals surface area (Å²) >= 11 is 0. The van der Waals surface area contributed by atoms with Crippen LogP contribution >= 0.6 is 0 Å². The van der Waals surface area contributed by atoms with E-state index in [0.29, 0.717) is 12.8 Å². The smallest absolute Gasteiger partial charge is 0.310 e. The summed E-state index contributed by atoms with van der Waals surface area (Å²) in [6, 6.07) is 6.18. The summed E-state index contributed by atoms with van der Waals surface area (Å²) in [7, 11) is -4.22. The van der Waals surface area contributed by atoms with Crippen LogP contribution in [-0.4, -0.2) is 60.1 Å². The third kappa shape index (κ3) is 4.25. The lowest BCUT2D eigenvalue weighted by Crippen LogP contribution is -2.43. The van der Waals surface area contributed by atoms with E-state index in [1.807, 2.05) is 0 Å². The highest BCUT2D eigenvalue weighted by molar-refractivity contribution is 7.89. The molecular formula is C22H22FN3O6S. The largest absolute Gasteiger partial charge is 0.466 e. The SMILES string of the molecule is CCOC(=O)C1CCCN(S(=O)(=O)c2cc(F)ccc2CN2C(=O)c3cccnc3C2=O)C1. The number of rotatable bonds is 6. The van der Waals surface area contributed by atoms with Crippen molar-refractivity contribution in [3.8, 4) is 0 Å². The van der Waals surface area contributed by atoms with Crippen LogP contribution in [0.2, 0.25) is 0 Å². The zero-order chi connectivity index (χ0) is 23.8. The molecule has 1 unspecified atom stereocenters. The van der Waals surface area contributed by atoms with Crippen LogP contribution in [-0.2, 0) is 26.1 Å². The highest BCUT2D eigenvalue weighted by Crippen LogP contribution is 2.30. The fourth-order valence-electron chi connectivity index (χ4n) is 4.08. The van der Waals surface area contributed by atoms with Gasteiger partial charge in [-0.1, -0.05) is 6.07 Å². The quantitative estimate of drug-likeness (QED) is 0.464. The Morgan fingerprint density at radius 2 is 2.03 bits per heavy atom. The van der Waals surface area contributed by atoms with Crippen LogP contribution in [0.4, 0.5) is 4.39 Å². The van der Waals surface area contributed by atoms with Crippen LogP contribution < -0.4 is 0 Å². The molecule has 11 heteroatoms. The minimum atomic E-state index is -4.22. The summed E-state index contributed by atoms with van der Waals surface area (Å²) in [6.07, 6.45) is 2.32. The Hall–Kier alpha value is -3.18. The van der Waals surface area contributed by atoms with Gasteiger partial charge in [-0.2, -0.15) is 4.31 Å². The number of imide groups is 1. The van der Waals surface area contributed by atoms with Crippen molar-refractivity contribution in [2.45, 2.75) is 31.2 Å².